The number of carbonyl (C=O) groups is 1. The number of hydrogen-bond acceptors (Lipinski definition) is 3. The number of nitrogens with one attached hydrogen (secondary N) is 1. The Morgan fingerprint density at radius 3 is 2.58 bits per heavy atom. The molecule has 1 atom stereocenters. The topological polar surface area (TPSA) is 35.6 Å². The SMILES string of the molecule is O=C1CCCC2(CCCNC2)N1CCN1CCCC1. The van der Waals surface area contributed by atoms with E-state index in [1.807, 2.05) is 0 Å². The van der Waals surface area contributed by atoms with Gasteiger partial charge in [0.25, 0.3) is 0 Å². The summed E-state index contributed by atoms with van der Waals surface area (Å²) in [7, 11) is 0. The summed E-state index contributed by atoms with van der Waals surface area (Å²) in [5.41, 5.74) is 0.146. The summed E-state index contributed by atoms with van der Waals surface area (Å²) in [6.07, 6.45) is 8.13. The molecule has 3 aliphatic rings. The minimum absolute atomic E-state index is 0.146. The van der Waals surface area contributed by atoms with Gasteiger partial charge < -0.3 is 15.1 Å². The van der Waals surface area contributed by atoms with E-state index >= 15 is 0 Å². The van der Waals surface area contributed by atoms with E-state index in [-0.39, 0.29) is 5.54 Å². The van der Waals surface area contributed by atoms with Crippen molar-refractivity contribution in [2.75, 3.05) is 39.3 Å². The molecule has 3 saturated heterocycles. The molecule has 0 aromatic heterocycles. The number of rotatable bonds is 3. The van der Waals surface area contributed by atoms with Gasteiger partial charge in [-0.1, -0.05) is 0 Å². The highest BCUT2D eigenvalue weighted by Crippen LogP contribution is 2.34. The molecule has 4 heteroatoms. The van der Waals surface area contributed by atoms with Gasteiger partial charge in [-0.15, -0.1) is 0 Å². The summed E-state index contributed by atoms with van der Waals surface area (Å²) in [4.78, 5) is 17.1. The molecule has 4 nitrogen and oxygen atoms in total. The number of piperidine rings is 2. The number of hydrogen-bond donors (Lipinski definition) is 1. The molecule has 3 fully saturated rings. The molecule has 0 aliphatic carbocycles. The monoisotopic (exact) mass is 265 g/mol. The van der Waals surface area contributed by atoms with E-state index < -0.39 is 0 Å². The molecule has 0 radical (unpaired) electrons. The van der Waals surface area contributed by atoms with Crippen molar-refractivity contribution in [1.82, 2.24) is 15.1 Å². The minimum Gasteiger partial charge on any atom is -0.334 e. The molecule has 3 heterocycles. The molecule has 3 rings (SSSR count). The summed E-state index contributed by atoms with van der Waals surface area (Å²) in [5, 5.41) is 3.52. The fourth-order valence-corrected chi connectivity index (χ4v) is 4.11. The van der Waals surface area contributed by atoms with Gasteiger partial charge in [-0.2, -0.15) is 0 Å². The van der Waals surface area contributed by atoms with Crippen molar-refractivity contribution >= 4 is 5.91 Å². The summed E-state index contributed by atoms with van der Waals surface area (Å²) < 4.78 is 0. The molecule has 0 bridgehead atoms. The summed E-state index contributed by atoms with van der Waals surface area (Å²) >= 11 is 0. The third kappa shape index (κ3) is 2.79. The van der Waals surface area contributed by atoms with E-state index in [1.165, 1.54) is 45.2 Å². The van der Waals surface area contributed by atoms with Gasteiger partial charge in [-0.3, -0.25) is 4.79 Å². The van der Waals surface area contributed by atoms with E-state index in [1.54, 1.807) is 0 Å². The molecule has 1 N–H and O–H groups in total. The van der Waals surface area contributed by atoms with Crippen molar-refractivity contribution in [2.24, 2.45) is 0 Å². The van der Waals surface area contributed by atoms with Gasteiger partial charge in [-0.25, -0.2) is 0 Å². The lowest BCUT2D eigenvalue weighted by Crippen LogP contribution is -2.62. The Kier molecular flexibility index (Phi) is 4.08. The van der Waals surface area contributed by atoms with Crippen molar-refractivity contribution in [2.45, 2.75) is 50.5 Å². The van der Waals surface area contributed by atoms with E-state index in [0.717, 1.165) is 39.0 Å². The van der Waals surface area contributed by atoms with Crippen LogP contribution in [0.2, 0.25) is 0 Å². The van der Waals surface area contributed by atoms with Crippen LogP contribution in [0, 0.1) is 0 Å². The minimum atomic E-state index is 0.146. The lowest BCUT2D eigenvalue weighted by Gasteiger charge is -2.50. The molecule has 0 saturated carbocycles. The maximum atomic E-state index is 12.4. The van der Waals surface area contributed by atoms with Crippen LogP contribution in [0.1, 0.15) is 44.9 Å². The number of carbonyl (C=O) groups excluding carboxylic acids is 1. The number of amides is 1. The van der Waals surface area contributed by atoms with Crippen molar-refractivity contribution in [1.29, 1.82) is 0 Å². The average molecular weight is 265 g/mol. The second-order valence-corrected chi connectivity index (χ2v) is 6.45. The third-order valence-electron chi connectivity index (χ3n) is 5.19. The Morgan fingerprint density at radius 2 is 1.84 bits per heavy atom. The van der Waals surface area contributed by atoms with Crippen LogP contribution >= 0.6 is 0 Å². The third-order valence-corrected chi connectivity index (χ3v) is 5.19. The zero-order valence-electron chi connectivity index (χ0n) is 12.0. The maximum absolute atomic E-state index is 12.4. The highest BCUT2D eigenvalue weighted by atomic mass is 16.2. The molecule has 1 spiro atoms. The van der Waals surface area contributed by atoms with Crippen molar-refractivity contribution < 1.29 is 4.79 Å². The fourth-order valence-electron chi connectivity index (χ4n) is 4.11. The van der Waals surface area contributed by atoms with Gasteiger partial charge in [0.05, 0.1) is 5.54 Å². The Labute approximate surface area is 116 Å². The first-order valence-electron chi connectivity index (χ1n) is 8.04. The van der Waals surface area contributed by atoms with Gasteiger partial charge in [0.15, 0.2) is 0 Å². The second kappa shape index (κ2) is 5.80. The molecular formula is C15H27N3O. The van der Waals surface area contributed by atoms with Gasteiger partial charge in [-0.05, 0) is 58.2 Å². The van der Waals surface area contributed by atoms with Crippen LogP contribution in [0.25, 0.3) is 0 Å². The van der Waals surface area contributed by atoms with Crippen LogP contribution < -0.4 is 5.32 Å². The highest BCUT2D eigenvalue weighted by Gasteiger charge is 2.42. The average Bonchev–Trinajstić information content (AvgIpc) is 2.92. The first-order valence-corrected chi connectivity index (χ1v) is 8.04. The van der Waals surface area contributed by atoms with Crippen LogP contribution in [0.5, 0.6) is 0 Å². The van der Waals surface area contributed by atoms with Gasteiger partial charge in [0, 0.05) is 26.1 Å². The lowest BCUT2D eigenvalue weighted by atomic mass is 9.80. The Bertz CT molecular complexity index is 314. The molecule has 0 aromatic carbocycles. The van der Waals surface area contributed by atoms with Crippen LogP contribution in [0.15, 0.2) is 0 Å². The Balaban J connectivity index is 1.64. The fraction of sp³-hybridized carbons (Fsp3) is 0.933. The first kappa shape index (κ1) is 13.4. The van der Waals surface area contributed by atoms with Crippen molar-refractivity contribution in [3.8, 4) is 0 Å². The molecule has 19 heavy (non-hydrogen) atoms. The van der Waals surface area contributed by atoms with Crippen molar-refractivity contribution in [3.05, 3.63) is 0 Å². The van der Waals surface area contributed by atoms with Gasteiger partial charge >= 0.3 is 0 Å². The molecular weight excluding hydrogens is 238 g/mol. The maximum Gasteiger partial charge on any atom is 0.223 e. The highest BCUT2D eigenvalue weighted by molar-refractivity contribution is 5.78. The van der Waals surface area contributed by atoms with Crippen LogP contribution in [0.3, 0.4) is 0 Å². The number of likely N-dealkylation sites (tertiary alicyclic amines) is 2. The Morgan fingerprint density at radius 1 is 1.05 bits per heavy atom. The molecule has 1 amide bonds. The first-order chi connectivity index (χ1) is 9.30. The van der Waals surface area contributed by atoms with E-state index in [4.69, 9.17) is 0 Å². The van der Waals surface area contributed by atoms with Crippen molar-refractivity contribution in [3.63, 3.8) is 0 Å². The molecule has 0 aromatic rings. The van der Waals surface area contributed by atoms with E-state index in [2.05, 4.69) is 15.1 Å². The quantitative estimate of drug-likeness (QED) is 0.833. The summed E-state index contributed by atoms with van der Waals surface area (Å²) in [6.45, 7) is 6.61. The summed E-state index contributed by atoms with van der Waals surface area (Å²) in [6, 6.07) is 0. The van der Waals surface area contributed by atoms with Crippen LogP contribution in [-0.4, -0.2) is 60.5 Å². The van der Waals surface area contributed by atoms with Gasteiger partial charge in [0.2, 0.25) is 5.91 Å². The Hall–Kier alpha value is -0.610. The second-order valence-electron chi connectivity index (χ2n) is 6.45. The largest absolute Gasteiger partial charge is 0.334 e. The standard InChI is InChI=1S/C15H27N3O/c19-14-5-3-6-15(7-4-8-16-13-15)18(14)12-11-17-9-1-2-10-17/h16H,1-13H2. The molecule has 108 valence electrons. The smallest absolute Gasteiger partial charge is 0.223 e. The zero-order chi connectivity index (χ0) is 13.1. The number of nitrogens with zero attached hydrogens (tertiary/aromatic N) is 2. The molecule has 3 aliphatic heterocycles. The van der Waals surface area contributed by atoms with E-state index in [0.29, 0.717) is 5.91 Å². The molecule has 1 unspecified atom stereocenters. The predicted molar refractivity (Wildman–Crippen MR) is 76.1 cm³/mol. The van der Waals surface area contributed by atoms with Crippen LogP contribution in [0.4, 0.5) is 0 Å². The van der Waals surface area contributed by atoms with E-state index in [9.17, 15) is 4.79 Å². The normalized spacial score (nSPS) is 33.3. The zero-order valence-corrected chi connectivity index (χ0v) is 12.0. The van der Waals surface area contributed by atoms with Gasteiger partial charge in [0.1, 0.15) is 0 Å². The lowest BCUT2D eigenvalue weighted by molar-refractivity contribution is -0.143. The van der Waals surface area contributed by atoms with Crippen LogP contribution in [-0.2, 0) is 4.79 Å². The summed E-state index contributed by atoms with van der Waals surface area (Å²) in [5.74, 6) is 0.397. The predicted octanol–water partition coefficient (Wildman–Crippen LogP) is 1.22.